The molecular weight excluding hydrogens is 96.1 g/mol. The lowest BCUT2D eigenvalue weighted by atomic mass is 9.92. The molecular formula is C8H12. The molecule has 0 saturated heterocycles. The van der Waals surface area contributed by atoms with Gasteiger partial charge < -0.3 is 0 Å². The molecule has 0 amide bonds. The van der Waals surface area contributed by atoms with Crippen LogP contribution in [0.2, 0.25) is 0 Å². The zero-order chi connectivity index (χ0) is 7.78. The van der Waals surface area contributed by atoms with E-state index in [-0.39, 0.29) is 5.92 Å². The maximum absolute atomic E-state index is 7.71. The van der Waals surface area contributed by atoms with Crippen LogP contribution in [0.5, 0.6) is 0 Å². The van der Waals surface area contributed by atoms with Gasteiger partial charge in [0.05, 0.1) is 1.37 Å². The first-order valence-electron chi connectivity index (χ1n) is 3.90. The third kappa shape index (κ3) is 1.00. The molecule has 1 aliphatic rings. The van der Waals surface area contributed by atoms with Crippen molar-refractivity contribution < 1.29 is 2.74 Å². The van der Waals surface area contributed by atoms with E-state index in [1.165, 1.54) is 0 Å². The maximum Gasteiger partial charge on any atom is 0.0579 e. The molecule has 0 radical (unpaired) electrons. The van der Waals surface area contributed by atoms with Crippen LogP contribution in [0, 0.1) is 11.8 Å². The van der Waals surface area contributed by atoms with Gasteiger partial charge >= 0.3 is 0 Å². The Morgan fingerprint density at radius 3 is 2.75 bits per heavy atom. The smallest absolute Gasteiger partial charge is 0.0579 e. The molecule has 1 aliphatic carbocycles. The predicted octanol–water partition coefficient (Wildman–Crippen LogP) is 2.38. The van der Waals surface area contributed by atoms with Gasteiger partial charge in [-0.15, -0.1) is 0 Å². The predicted molar refractivity (Wildman–Crippen MR) is 36.6 cm³/mol. The Hall–Kier alpha value is -0.520. The molecule has 0 aromatic heterocycles. The fraction of sp³-hybridized carbons (Fsp3) is 0.500. The summed E-state index contributed by atoms with van der Waals surface area (Å²) in [6.07, 6.45) is 5.37. The second kappa shape index (κ2) is 2.17. The third-order valence-corrected chi connectivity index (χ3v) is 1.48. The SMILES string of the molecule is [2H]C1=CC=CC([2H])(C)C1C. The number of hydrogen-bond acceptors (Lipinski definition) is 0. The van der Waals surface area contributed by atoms with Crippen molar-refractivity contribution in [3.8, 4) is 0 Å². The van der Waals surface area contributed by atoms with Gasteiger partial charge in [0.15, 0.2) is 0 Å². The second-order valence-corrected chi connectivity index (χ2v) is 2.16. The van der Waals surface area contributed by atoms with E-state index in [0.717, 1.165) is 0 Å². The highest BCUT2D eigenvalue weighted by Crippen LogP contribution is 2.16. The quantitative estimate of drug-likeness (QED) is 0.449. The monoisotopic (exact) mass is 110 g/mol. The highest BCUT2D eigenvalue weighted by Gasteiger charge is 2.05. The average molecular weight is 110 g/mol. The summed E-state index contributed by atoms with van der Waals surface area (Å²) in [5.74, 6) is -0.552. The number of hydrogen-bond donors (Lipinski definition) is 0. The van der Waals surface area contributed by atoms with Gasteiger partial charge in [-0.1, -0.05) is 38.1 Å². The minimum atomic E-state index is -0.578. The van der Waals surface area contributed by atoms with Crippen molar-refractivity contribution in [2.45, 2.75) is 13.8 Å². The second-order valence-electron chi connectivity index (χ2n) is 2.16. The summed E-state index contributed by atoms with van der Waals surface area (Å²) in [6.45, 7) is 3.74. The summed E-state index contributed by atoms with van der Waals surface area (Å²) in [5.41, 5.74) is 0. The third-order valence-electron chi connectivity index (χ3n) is 1.48. The van der Waals surface area contributed by atoms with Crippen molar-refractivity contribution in [3.63, 3.8) is 0 Å². The first-order valence-corrected chi connectivity index (χ1v) is 2.90. The summed E-state index contributed by atoms with van der Waals surface area (Å²) in [7, 11) is 0. The summed E-state index contributed by atoms with van der Waals surface area (Å²) < 4.78 is 15.1. The van der Waals surface area contributed by atoms with Crippen LogP contribution in [0.1, 0.15) is 16.6 Å². The van der Waals surface area contributed by atoms with E-state index in [1.807, 2.05) is 19.9 Å². The lowest BCUT2D eigenvalue weighted by Crippen LogP contribution is -2.03. The van der Waals surface area contributed by atoms with Gasteiger partial charge in [-0.05, 0) is 11.8 Å². The molecule has 0 nitrogen and oxygen atoms in total. The summed E-state index contributed by atoms with van der Waals surface area (Å²) in [6, 6.07) is 0.556. The molecule has 0 heterocycles. The Morgan fingerprint density at radius 2 is 2.25 bits per heavy atom. The van der Waals surface area contributed by atoms with Crippen LogP contribution in [-0.4, -0.2) is 0 Å². The summed E-state index contributed by atoms with van der Waals surface area (Å²) >= 11 is 0. The molecule has 2 unspecified atom stereocenters. The normalized spacial score (nSPS) is 49.8. The molecule has 0 aromatic carbocycles. The summed E-state index contributed by atoms with van der Waals surface area (Å²) in [4.78, 5) is 0. The molecule has 0 aliphatic heterocycles. The molecule has 0 fully saturated rings. The van der Waals surface area contributed by atoms with Crippen LogP contribution in [-0.2, 0) is 0 Å². The number of rotatable bonds is 0. The van der Waals surface area contributed by atoms with Crippen LogP contribution in [0.15, 0.2) is 24.3 Å². The topological polar surface area (TPSA) is 0 Å². The lowest BCUT2D eigenvalue weighted by molar-refractivity contribution is 0.552. The van der Waals surface area contributed by atoms with Crippen LogP contribution in [0.25, 0.3) is 0 Å². The molecule has 1 rings (SSSR count). The molecule has 0 bridgehead atoms. The van der Waals surface area contributed by atoms with E-state index in [4.69, 9.17) is 2.74 Å². The Labute approximate surface area is 53.7 Å². The molecule has 0 spiro atoms. The Balaban J connectivity index is 2.89. The molecule has 2 atom stereocenters. The fourth-order valence-electron chi connectivity index (χ4n) is 0.676. The van der Waals surface area contributed by atoms with Gasteiger partial charge in [-0.25, -0.2) is 0 Å². The largest absolute Gasteiger partial charge is 0.0811 e. The zero-order valence-electron chi connectivity index (χ0n) is 7.31. The van der Waals surface area contributed by atoms with Gasteiger partial charge in [-0.2, -0.15) is 0 Å². The molecule has 0 saturated carbocycles. The van der Waals surface area contributed by atoms with Gasteiger partial charge in [0.1, 0.15) is 0 Å². The standard InChI is InChI=1S/C8H12/c1-7-5-3-4-6-8(7)2/h3-8H,1-2H3/i5D,8D. The van der Waals surface area contributed by atoms with E-state index in [2.05, 4.69) is 0 Å². The van der Waals surface area contributed by atoms with E-state index < -0.39 is 5.89 Å². The highest BCUT2D eigenvalue weighted by molar-refractivity contribution is 5.12. The zero-order valence-corrected chi connectivity index (χ0v) is 5.31. The van der Waals surface area contributed by atoms with Crippen LogP contribution in [0.3, 0.4) is 0 Å². The van der Waals surface area contributed by atoms with Crippen LogP contribution < -0.4 is 0 Å². The molecule has 0 heteroatoms. The van der Waals surface area contributed by atoms with Crippen molar-refractivity contribution >= 4 is 0 Å². The molecule has 0 N–H and O–H groups in total. The Kier molecular flexibility index (Phi) is 0.946. The maximum atomic E-state index is 7.71. The van der Waals surface area contributed by atoms with Crippen molar-refractivity contribution in [1.82, 2.24) is 0 Å². The average Bonchev–Trinajstić information content (AvgIpc) is 1.83. The van der Waals surface area contributed by atoms with E-state index in [9.17, 15) is 0 Å². The minimum absolute atomic E-state index is 0.0255. The van der Waals surface area contributed by atoms with Gasteiger partial charge in [-0.3, -0.25) is 0 Å². The highest BCUT2D eigenvalue weighted by atomic mass is 14.1. The van der Waals surface area contributed by atoms with Gasteiger partial charge in [0.2, 0.25) is 0 Å². The van der Waals surface area contributed by atoms with Crippen LogP contribution >= 0.6 is 0 Å². The molecule has 0 aromatic rings. The van der Waals surface area contributed by atoms with Gasteiger partial charge in [0.25, 0.3) is 0 Å². The van der Waals surface area contributed by atoms with E-state index in [1.54, 1.807) is 12.2 Å². The van der Waals surface area contributed by atoms with Crippen molar-refractivity contribution in [2.24, 2.45) is 11.8 Å². The lowest BCUT2D eigenvalue weighted by Gasteiger charge is -2.13. The first kappa shape index (κ1) is 3.49. The first-order chi connectivity index (χ1) is 4.54. The van der Waals surface area contributed by atoms with E-state index >= 15 is 0 Å². The number of allylic oxidation sites excluding steroid dienone is 4. The van der Waals surface area contributed by atoms with E-state index in [0.29, 0.717) is 6.05 Å². The molecule has 44 valence electrons. The van der Waals surface area contributed by atoms with Gasteiger partial charge in [0, 0.05) is 1.37 Å². The Morgan fingerprint density at radius 1 is 1.50 bits per heavy atom. The van der Waals surface area contributed by atoms with Crippen molar-refractivity contribution in [3.05, 3.63) is 24.3 Å². The van der Waals surface area contributed by atoms with Crippen LogP contribution in [0.4, 0.5) is 0 Å². The Bertz CT molecular complexity index is 189. The summed E-state index contributed by atoms with van der Waals surface area (Å²) in [5, 5.41) is 0. The molecule has 8 heavy (non-hydrogen) atoms. The fourth-order valence-corrected chi connectivity index (χ4v) is 0.676. The minimum Gasteiger partial charge on any atom is -0.0811 e. The van der Waals surface area contributed by atoms with Crippen molar-refractivity contribution in [1.29, 1.82) is 0 Å². The van der Waals surface area contributed by atoms with Crippen molar-refractivity contribution in [2.75, 3.05) is 0 Å².